The number of hydrogen-bond acceptors (Lipinski definition) is 10. The van der Waals surface area contributed by atoms with Crippen molar-refractivity contribution in [3.05, 3.63) is 215 Å². The van der Waals surface area contributed by atoms with Crippen molar-refractivity contribution in [2.24, 2.45) is 0 Å². The van der Waals surface area contributed by atoms with Gasteiger partial charge in [-0.15, -0.1) is 0 Å². The normalized spacial score (nSPS) is 15.4. The van der Waals surface area contributed by atoms with Gasteiger partial charge in [-0.3, -0.25) is 0 Å². The highest BCUT2D eigenvalue weighted by molar-refractivity contribution is 5.94. The Morgan fingerprint density at radius 2 is 0.646 bits per heavy atom. The lowest BCUT2D eigenvalue weighted by Crippen LogP contribution is -2.28. The van der Waals surface area contributed by atoms with E-state index >= 15 is 0 Å². The molecule has 0 saturated heterocycles. The number of anilines is 14. The predicted octanol–water partition coefficient (Wildman–Crippen LogP) is 18.7. The van der Waals surface area contributed by atoms with Crippen LogP contribution in [0.2, 0.25) is 0 Å². The van der Waals surface area contributed by atoms with E-state index in [1.807, 2.05) is 53.4 Å². The molecule has 4 heterocycles. The number of para-hydroxylation sites is 8. The smallest absolute Gasteiger partial charge is 0.129 e. The molecule has 0 unspecified atom stereocenters. The van der Waals surface area contributed by atoms with Gasteiger partial charge < -0.3 is 48.7 Å². The van der Waals surface area contributed by atoms with Crippen molar-refractivity contribution >= 4 is 79.6 Å². The van der Waals surface area contributed by atoms with Crippen LogP contribution in [0.5, 0.6) is 23.0 Å². The molecule has 0 amide bonds. The van der Waals surface area contributed by atoms with Gasteiger partial charge in [-0.2, -0.15) is 0 Å². The summed E-state index contributed by atoms with van der Waals surface area (Å²) in [7, 11) is 2.14. The van der Waals surface area contributed by atoms with Gasteiger partial charge in [-0.1, -0.05) is 102 Å². The summed E-state index contributed by atoms with van der Waals surface area (Å²) in [6.07, 6.45) is 0. The van der Waals surface area contributed by atoms with E-state index in [0.29, 0.717) is 24.8 Å². The minimum atomic E-state index is -2.28. The molecule has 0 aromatic heterocycles. The van der Waals surface area contributed by atoms with Crippen molar-refractivity contribution in [3.63, 3.8) is 0 Å². The molecule has 10 nitrogen and oxygen atoms in total. The van der Waals surface area contributed by atoms with Crippen molar-refractivity contribution in [2.45, 2.75) is 80.1 Å². The Bertz CT molecular complexity index is 4060. The Morgan fingerprint density at radius 3 is 1.02 bits per heavy atom. The molecule has 0 spiro atoms. The first-order valence-electron chi connectivity index (χ1n) is 30.1. The summed E-state index contributed by atoms with van der Waals surface area (Å²) in [4.78, 5) is 18.0. The lowest BCUT2D eigenvalue weighted by Gasteiger charge is -2.32. The zero-order valence-corrected chi connectivity index (χ0v) is 49.0. The second-order valence-electron chi connectivity index (χ2n) is 24.5. The third-order valence-electron chi connectivity index (χ3n) is 17.1. The molecule has 0 bridgehead atoms. The molecule has 10 heteroatoms. The van der Waals surface area contributed by atoms with Crippen LogP contribution < -0.4 is 48.7 Å². The molecular formula is C72H74N8O2. The van der Waals surface area contributed by atoms with Crippen molar-refractivity contribution in [3.8, 4) is 23.0 Å². The SMILES string of the molecule is [2H]C([2H])([2H])N1CN(c2cccc(Oc3cc(N4CN(c5c(C)c(C)c(N6CN(c7cc(Oc8cccc(N9CN(C)c%10ccccc%109)c8)cc(C(C)(C)C)c7)c7ccccc76)c(C)c5C)c5ccccc54)cc(C(C)(C)C)c3)c2)c2ccccc21. The fourth-order valence-corrected chi connectivity index (χ4v) is 12.5. The van der Waals surface area contributed by atoms with Gasteiger partial charge >= 0.3 is 0 Å². The summed E-state index contributed by atoms with van der Waals surface area (Å²) in [6, 6.07) is 63.5. The zero-order chi connectivity index (χ0) is 59.4. The standard InChI is InChI=1S/C72H74N8O2/c1-47-48(2)70(80-46-78(66-32-18-20-34-68(66)80)56-36-52(72(8,9)10)38-60(42-56)82-58-26-22-24-54(40-58)76-44-74(12)62-28-14-16-30-64(62)76)50(4)49(3)69(47)79-45-77(65-31-17-19-33-67(65)79)55-35-51(71(5,6)7)37-59(41-55)81-57-25-21-23-53(39-57)75-43-73(11)61-27-13-15-29-63(61)75/h13-42H,43-46H2,1-12H3/i11D3. The van der Waals surface area contributed by atoms with E-state index in [1.54, 1.807) is 0 Å². The van der Waals surface area contributed by atoms with Gasteiger partial charge in [0.15, 0.2) is 0 Å². The van der Waals surface area contributed by atoms with E-state index in [2.05, 4.69) is 239 Å². The van der Waals surface area contributed by atoms with Crippen LogP contribution in [0.25, 0.3) is 0 Å². The molecule has 9 aromatic rings. The maximum atomic E-state index is 8.28. The van der Waals surface area contributed by atoms with Crippen LogP contribution in [0.15, 0.2) is 182 Å². The summed E-state index contributed by atoms with van der Waals surface area (Å²) in [5.41, 5.74) is 21.9. The average Bonchev–Trinajstić information content (AvgIpc) is 2.80. The van der Waals surface area contributed by atoms with E-state index < -0.39 is 6.98 Å². The van der Waals surface area contributed by atoms with E-state index in [-0.39, 0.29) is 17.5 Å². The van der Waals surface area contributed by atoms with Gasteiger partial charge in [0.2, 0.25) is 0 Å². The topological polar surface area (TPSA) is 44.4 Å². The van der Waals surface area contributed by atoms with Gasteiger partial charge in [-0.05, 0) is 169 Å². The second kappa shape index (κ2) is 19.9. The number of benzene rings is 9. The number of rotatable bonds is 10. The van der Waals surface area contributed by atoms with Crippen molar-refractivity contribution in [1.29, 1.82) is 0 Å². The number of ether oxygens (including phenoxy) is 2. The molecule has 0 saturated carbocycles. The van der Waals surface area contributed by atoms with Crippen LogP contribution >= 0.6 is 0 Å². The maximum Gasteiger partial charge on any atom is 0.129 e. The van der Waals surface area contributed by atoms with Crippen molar-refractivity contribution < 1.29 is 13.6 Å². The molecule has 4 aliphatic heterocycles. The van der Waals surface area contributed by atoms with Crippen LogP contribution in [0.3, 0.4) is 0 Å². The van der Waals surface area contributed by atoms with Crippen LogP contribution in [0.4, 0.5) is 79.6 Å². The summed E-state index contributed by atoms with van der Waals surface area (Å²) in [6.45, 7) is 22.6. The van der Waals surface area contributed by atoms with Crippen LogP contribution in [0, 0.1) is 27.7 Å². The van der Waals surface area contributed by atoms with E-state index in [1.165, 1.54) is 55.5 Å². The van der Waals surface area contributed by atoms with Crippen LogP contribution in [-0.4, -0.2) is 40.7 Å². The quantitative estimate of drug-likeness (QED) is 0.132. The molecule has 0 atom stereocenters. The monoisotopic (exact) mass is 1090 g/mol. The molecule has 0 radical (unpaired) electrons. The van der Waals surface area contributed by atoms with E-state index in [0.717, 1.165) is 80.7 Å². The minimum absolute atomic E-state index is 0.143. The Balaban J connectivity index is 0.808. The maximum absolute atomic E-state index is 8.28. The molecule has 414 valence electrons. The number of nitrogens with zero attached hydrogens (tertiary/aromatic N) is 8. The first-order valence-corrected chi connectivity index (χ1v) is 28.6. The Hall–Kier alpha value is -9.02. The largest absolute Gasteiger partial charge is 0.457 e. The highest BCUT2D eigenvalue weighted by atomic mass is 16.5. The predicted molar refractivity (Wildman–Crippen MR) is 344 cm³/mol. The lowest BCUT2D eigenvalue weighted by molar-refractivity contribution is 0.478. The van der Waals surface area contributed by atoms with Gasteiger partial charge in [0.05, 0.1) is 58.8 Å². The molecule has 13 rings (SSSR count). The van der Waals surface area contributed by atoms with Crippen molar-refractivity contribution in [1.82, 2.24) is 0 Å². The van der Waals surface area contributed by atoms with E-state index in [4.69, 9.17) is 13.6 Å². The Kier molecular flexibility index (Phi) is 11.9. The zero-order valence-electron chi connectivity index (χ0n) is 52.0. The summed E-state index contributed by atoms with van der Waals surface area (Å²) < 4.78 is 38.6. The molecule has 0 N–H and O–H groups in total. The average molecular weight is 1090 g/mol. The highest BCUT2D eigenvalue weighted by Gasteiger charge is 2.36. The third kappa shape index (κ3) is 9.14. The van der Waals surface area contributed by atoms with Gasteiger partial charge in [-0.25, -0.2) is 0 Å². The highest BCUT2D eigenvalue weighted by Crippen LogP contribution is 2.53. The molecule has 82 heavy (non-hydrogen) atoms. The van der Waals surface area contributed by atoms with Gasteiger partial charge in [0, 0.05) is 76.5 Å². The van der Waals surface area contributed by atoms with E-state index in [9.17, 15) is 0 Å². The second-order valence-corrected chi connectivity index (χ2v) is 24.5. The number of fused-ring (bicyclic) bond motifs is 4. The Labute approximate surface area is 489 Å². The molecular weight excluding hydrogens is 1010 g/mol. The summed E-state index contributed by atoms with van der Waals surface area (Å²) in [5, 5.41) is 0. The fraction of sp³-hybridized carbons (Fsp3) is 0.250. The summed E-state index contributed by atoms with van der Waals surface area (Å²) >= 11 is 0. The van der Waals surface area contributed by atoms with Crippen LogP contribution in [-0.2, 0) is 10.8 Å². The third-order valence-corrected chi connectivity index (χ3v) is 17.1. The number of hydrogen-bond donors (Lipinski definition) is 0. The first-order chi connectivity index (χ1) is 40.6. The molecule has 0 fully saturated rings. The molecule has 9 aromatic carbocycles. The molecule has 0 aliphatic carbocycles. The summed E-state index contributed by atoms with van der Waals surface area (Å²) in [5.74, 6) is 2.98. The van der Waals surface area contributed by atoms with Gasteiger partial charge in [0.1, 0.15) is 36.3 Å². The van der Waals surface area contributed by atoms with Gasteiger partial charge in [0.25, 0.3) is 0 Å². The van der Waals surface area contributed by atoms with Crippen molar-refractivity contribution in [2.75, 3.05) is 79.9 Å². The van der Waals surface area contributed by atoms with Crippen LogP contribution in [0.1, 0.15) is 79.0 Å². The fourth-order valence-electron chi connectivity index (χ4n) is 12.5. The minimum Gasteiger partial charge on any atom is -0.457 e. The molecule has 4 aliphatic rings. The Morgan fingerprint density at radius 1 is 0.329 bits per heavy atom. The lowest BCUT2D eigenvalue weighted by atomic mass is 9.86. The first kappa shape index (κ1) is 48.8.